The average Bonchev–Trinajstić information content (AvgIpc) is 3.39. The predicted octanol–water partition coefficient (Wildman–Crippen LogP) is 2.69. The van der Waals surface area contributed by atoms with Gasteiger partial charge in [-0.1, -0.05) is 6.07 Å². The topological polar surface area (TPSA) is 79.2 Å². The average molecular weight is 364 g/mol. The van der Waals surface area contributed by atoms with Gasteiger partial charge in [-0.25, -0.2) is 9.50 Å². The normalized spacial score (nSPS) is 14.0. The van der Waals surface area contributed by atoms with Crippen LogP contribution >= 0.6 is 11.3 Å². The van der Waals surface area contributed by atoms with E-state index in [1.54, 1.807) is 11.3 Å². The maximum Gasteiger partial charge on any atom is 0.274 e. The minimum atomic E-state index is -0.0635. The van der Waals surface area contributed by atoms with Crippen LogP contribution in [0.15, 0.2) is 35.8 Å². The molecule has 4 aromatic heterocycles. The summed E-state index contributed by atoms with van der Waals surface area (Å²) in [6.07, 6.45) is 2.61. The number of carbonyl (C=O) groups is 1. The van der Waals surface area contributed by atoms with Crippen molar-refractivity contribution >= 4 is 22.9 Å². The summed E-state index contributed by atoms with van der Waals surface area (Å²) in [5, 5.41) is 13.7. The molecule has 0 aromatic carbocycles. The Bertz CT molecular complexity index is 1110. The molecule has 0 spiro atoms. The molecular formula is C18H16N6OS. The number of carbonyl (C=O) groups excluding carboxylic acids is 1. The minimum absolute atomic E-state index is 0.0635. The Hall–Kier alpha value is -3.00. The van der Waals surface area contributed by atoms with E-state index in [0.717, 1.165) is 39.6 Å². The second-order valence-electron chi connectivity index (χ2n) is 6.41. The summed E-state index contributed by atoms with van der Waals surface area (Å²) in [4.78, 5) is 20.2. The van der Waals surface area contributed by atoms with Gasteiger partial charge in [-0.15, -0.1) is 11.3 Å². The third-order valence-electron chi connectivity index (χ3n) is 4.64. The number of amides is 1. The summed E-state index contributed by atoms with van der Waals surface area (Å²) < 4.78 is 1.90. The summed E-state index contributed by atoms with van der Waals surface area (Å²) in [6.45, 7) is 3.13. The molecule has 26 heavy (non-hydrogen) atoms. The van der Waals surface area contributed by atoms with Gasteiger partial charge in [0.1, 0.15) is 0 Å². The lowest BCUT2D eigenvalue weighted by Gasteiger charge is -2.28. The lowest BCUT2D eigenvalue weighted by Crippen LogP contribution is -2.37. The first-order valence-electron chi connectivity index (χ1n) is 8.41. The van der Waals surface area contributed by atoms with Crippen LogP contribution in [0.1, 0.15) is 27.4 Å². The van der Waals surface area contributed by atoms with Crippen molar-refractivity contribution in [2.24, 2.45) is 0 Å². The number of aromatic amines is 1. The maximum atomic E-state index is 12.9. The Morgan fingerprint density at radius 3 is 3.12 bits per heavy atom. The lowest BCUT2D eigenvalue weighted by atomic mass is 10.1. The first-order valence-corrected chi connectivity index (χ1v) is 9.29. The second kappa shape index (κ2) is 5.77. The third-order valence-corrected chi connectivity index (χ3v) is 5.55. The summed E-state index contributed by atoms with van der Waals surface area (Å²) in [5.41, 5.74) is 5.29. The van der Waals surface area contributed by atoms with Crippen LogP contribution in [0, 0.1) is 6.92 Å². The third kappa shape index (κ3) is 2.41. The molecule has 1 N–H and O–H groups in total. The van der Waals surface area contributed by atoms with Gasteiger partial charge < -0.3 is 4.90 Å². The van der Waals surface area contributed by atoms with Gasteiger partial charge in [-0.2, -0.15) is 10.2 Å². The van der Waals surface area contributed by atoms with Crippen LogP contribution in [0.4, 0.5) is 0 Å². The highest BCUT2D eigenvalue weighted by molar-refractivity contribution is 7.13. The number of aryl methyl sites for hydroxylation is 1. The van der Waals surface area contributed by atoms with E-state index in [4.69, 9.17) is 0 Å². The predicted molar refractivity (Wildman–Crippen MR) is 98.1 cm³/mol. The molecule has 0 aliphatic carbocycles. The summed E-state index contributed by atoms with van der Waals surface area (Å²) in [5.74, 6) is -0.0635. The molecular weight excluding hydrogens is 348 g/mol. The second-order valence-corrected chi connectivity index (χ2v) is 7.35. The van der Waals surface area contributed by atoms with Gasteiger partial charge in [0.05, 0.1) is 22.0 Å². The van der Waals surface area contributed by atoms with Crippen molar-refractivity contribution in [2.75, 3.05) is 6.54 Å². The van der Waals surface area contributed by atoms with Crippen LogP contribution in [0.5, 0.6) is 0 Å². The van der Waals surface area contributed by atoms with E-state index < -0.39 is 0 Å². The zero-order valence-electron chi connectivity index (χ0n) is 14.1. The summed E-state index contributed by atoms with van der Waals surface area (Å²) in [6, 6.07) is 7.77. The first-order chi connectivity index (χ1) is 12.7. The molecule has 130 valence electrons. The SMILES string of the molecule is Cc1cc2ncc3c(n2n1)CCN(C(=O)c1cc(-c2cccs2)[nH]n1)C3. The quantitative estimate of drug-likeness (QED) is 0.593. The van der Waals surface area contributed by atoms with E-state index in [1.165, 1.54) is 0 Å². The Labute approximate surface area is 153 Å². The standard InChI is InChI=1S/C18H16N6OS/c1-11-7-17-19-9-12-10-23(5-4-15(12)24(17)22-11)18(25)14-8-13(20-21-14)16-3-2-6-26-16/h2-3,6-9H,4-5,10H2,1H3,(H,20,21). The zero-order valence-corrected chi connectivity index (χ0v) is 15.0. The number of hydrogen-bond acceptors (Lipinski definition) is 5. The van der Waals surface area contributed by atoms with Crippen molar-refractivity contribution in [1.82, 2.24) is 29.7 Å². The van der Waals surface area contributed by atoms with Crippen LogP contribution in [0.2, 0.25) is 0 Å². The van der Waals surface area contributed by atoms with Gasteiger partial charge in [0.2, 0.25) is 0 Å². The van der Waals surface area contributed by atoms with E-state index in [-0.39, 0.29) is 5.91 Å². The Morgan fingerprint density at radius 1 is 1.35 bits per heavy atom. The fourth-order valence-corrected chi connectivity index (χ4v) is 4.07. The Balaban J connectivity index is 1.42. The molecule has 0 atom stereocenters. The minimum Gasteiger partial charge on any atom is -0.332 e. The van der Waals surface area contributed by atoms with Crippen LogP contribution in [-0.4, -0.2) is 42.1 Å². The molecule has 0 saturated carbocycles. The highest BCUT2D eigenvalue weighted by atomic mass is 32.1. The van der Waals surface area contributed by atoms with Gasteiger partial charge in [-0.3, -0.25) is 9.89 Å². The smallest absolute Gasteiger partial charge is 0.274 e. The van der Waals surface area contributed by atoms with Crippen molar-refractivity contribution in [1.29, 1.82) is 0 Å². The lowest BCUT2D eigenvalue weighted by molar-refractivity contribution is 0.0726. The molecule has 5 heterocycles. The van der Waals surface area contributed by atoms with Crippen LogP contribution in [0.25, 0.3) is 16.2 Å². The molecule has 8 heteroatoms. The number of nitrogens with zero attached hydrogens (tertiary/aromatic N) is 5. The molecule has 1 amide bonds. The van der Waals surface area contributed by atoms with Crippen molar-refractivity contribution in [2.45, 2.75) is 19.9 Å². The largest absolute Gasteiger partial charge is 0.332 e. The highest BCUT2D eigenvalue weighted by Crippen LogP contribution is 2.25. The van der Waals surface area contributed by atoms with Crippen molar-refractivity contribution in [3.05, 3.63) is 58.5 Å². The molecule has 7 nitrogen and oxygen atoms in total. The number of nitrogens with one attached hydrogen (secondary N) is 1. The molecule has 0 unspecified atom stereocenters. The molecule has 1 aliphatic heterocycles. The molecule has 0 radical (unpaired) electrons. The number of thiophene rings is 1. The monoisotopic (exact) mass is 364 g/mol. The van der Waals surface area contributed by atoms with E-state index in [1.807, 2.05) is 52.2 Å². The summed E-state index contributed by atoms with van der Waals surface area (Å²) >= 11 is 1.62. The van der Waals surface area contributed by atoms with E-state index >= 15 is 0 Å². The Morgan fingerprint density at radius 2 is 2.27 bits per heavy atom. The number of H-pyrrole nitrogens is 1. The molecule has 5 rings (SSSR count). The van der Waals surface area contributed by atoms with E-state index in [2.05, 4.69) is 20.3 Å². The first kappa shape index (κ1) is 15.3. The highest BCUT2D eigenvalue weighted by Gasteiger charge is 2.26. The van der Waals surface area contributed by atoms with Crippen molar-refractivity contribution in [3.63, 3.8) is 0 Å². The molecule has 1 aliphatic rings. The van der Waals surface area contributed by atoms with E-state index in [0.29, 0.717) is 18.8 Å². The molecule has 0 saturated heterocycles. The van der Waals surface area contributed by atoms with Crippen molar-refractivity contribution < 1.29 is 4.79 Å². The van der Waals surface area contributed by atoms with Crippen LogP contribution < -0.4 is 0 Å². The number of rotatable bonds is 2. The Kier molecular flexibility index (Phi) is 3.39. The van der Waals surface area contributed by atoms with Gasteiger partial charge >= 0.3 is 0 Å². The van der Waals surface area contributed by atoms with Crippen LogP contribution in [0.3, 0.4) is 0 Å². The van der Waals surface area contributed by atoms with E-state index in [9.17, 15) is 4.79 Å². The van der Waals surface area contributed by atoms with Gasteiger partial charge in [0, 0.05) is 37.3 Å². The maximum absolute atomic E-state index is 12.9. The fourth-order valence-electron chi connectivity index (χ4n) is 3.38. The summed E-state index contributed by atoms with van der Waals surface area (Å²) in [7, 11) is 0. The molecule has 0 fully saturated rings. The fraction of sp³-hybridized carbons (Fsp3) is 0.222. The van der Waals surface area contributed by atoms with Gasteiger partial charge in [0.25, 0.3) is 5.91 Å². The van der Waals surface area contributed by atoms with Gasteiger partial charge in [-0.05, 0) is 24.4 Å². The number of aromatic nitrogens is 5. The van der Waals surface area contributed by atoms with Crippen LogP contribution in [-0.2, 0) is 13.0 Å². The zero-order chi connectivity index (χ0) is 17.7. The number of hydrogen-bond donors (Lipinski definition) is 1. The molecule has 4 aromatic rings. The number of fused-ring (bicyclic) bond motifs is 3. The van der Waals surface area contributed by atoms with Crippen molar-refractivity contribution in [3.8, 4) is 10.6 Å². The van der Waals surface area contributed by atoms with Gasteiger partial charge in [0.15, 0.2) is 11.3 Å². The molecule has 0 bridgehead atoms.